The molecule has 0 bridgehead atoms. The van der Waals surface area contributed by atoms with Crippen molar-refractivity contribution in [1.29, 1.82) is 0 Å². The zero-order valence-corrected chi connectivity index (χ0v) is 11.6. The normalized spacial score (nSPS) is 21.0. The van der Waals surface area contributed by atoms with Crippen molar-refractivity contribution in [3.63, 3.8) is 0 Å². The van der Waals surface area contributed by atoms with E-state index in [0.717, 1.165) is 5.75 Å². The van der Waals surface area contributed by atoms with Crippen LogP contribution in [-0.4, -0.2) is 32.9 Å². The number of rotatable bonds is 4. The lowest BCUT2D eigenvalue weighted by Gasteiger charge is -2.09. The molecule has 1 N–H and O–H groups in total. The maximum Gasteiger partial charge on any atom is 0.224 e. The summed E-state index contributed by atoms with van der Waals surface area (Å²) >= 11 is 0. The molecule has 1 heterocycles. The molecule has 1 aromatic rings. The van der Waals surface area contributed by atoms with Crippen molar-refractivity contribution in [3.8, 4) is 5.75 Å². The average Bonchev–Trinajstić information content (AvgIpc) is 2.69. The van der Waals surface area contributed by atoms with Gasteiger partial charge in [-0.2, -0.15) is 0 Å². The summed E-state index contributed by atoms with van der Waals surface area (Å²) in [6, 6.07) is 7.02. The van der Waals surface area contributed by atoms with Crippen LogP contribution in [0.2, 0.25) is 0 Å². The van der Waals surface area contributed by atoms with E-state index in [-0.39, 0.29) is 29.8 Å². The second-order valence-electron chi connectivity index (χ2n) is 4.75. The Morgan fingerprint density at radius 3 is 2.58 bits per heavy atom. The molecule has 19 heavy (non-hydrogen) atoms. The summed E-state index contributed by atoms with van der Waals surface area (Å²) in [5.41, 5.74) is 0.687. The quantitative estimate of drug-likeness (QED) is 0.908. The van der Waals surface area contributed by atoms with Crippen LogP contribution in [0.15, 0.2) is 24.3 Å². The van der Waals surface area contributed by atoms with E-state index in [2.05, 4.69) is 5.32 Å². The molecule has 1 amide bonds. The Kier molecular flexibility index (Phi) is 4.09. The molecule has 0 saturated carbocycles. The van der Waals surface area contributed by atoms with Crippen molar-refractivity contribution in [2.24, 2.45) is 5.92 Å². The van der Waals surface area contributed by atoms with E-state index in [1.807, 2.05) is 0 Å². The average molecular weight is 283 g/mol. The third-order valence-electron chi connectivity index (χ3n) is 3.17. The lowest BCUT2D eigenvalue weighted by atomic mass is 10.1. The molecule has 5 nitrogen and oxygen atoms in total. The molecular formula is C13H17NO4S. The minimum Gasteiger partial charge on any atom is -0.497 e. The lowest BCUT2D eigenvalue weighted by molar-refractivity contribution is -0.116. The molecule has 104 valence electrons. The number of hydrogen-bond donors (Lipinski definition) is 1. The van der Waals surface area contributed by atoms with Gasteiger partial charge in [0.1, 0.15) is 5.75 Å². The van der Waals surface area contributed by atoms with Gasteiger partial charge in [-0.15, -0.1) is 0 Å². The number of methoxy groups -OCH3 is 1. The van der Waals surface area contributed by atoms with Gasteiger partial charge >= 0.3 is 0 Å². The summed E-state index contributed by atoms with van der Waals surface area (Å²) in [5, 5.41) is 2.76. The highest BCUT2D eigenvalue weighted by atomic mass is 32.2. The van der Waals surface area contributed by atoms with Gasteiger partial charge in [0.05, 0.1) is 18.6 Å². The molecule has 2 rings (SSSR count). The van der Waals surface area contributed by atoms with Crippen LogP contribution in [0, 0.1) is 5.92 Å². The van der Waals surface area contributed by atoms with E-state index in [1.54, 1.807) is 31.4 Å². The highest BCUT2D eigenvalue weighted by Gasteiger charge is 2.29. The number of carbonyl (C=O) groups is 1. The maximum absolute atomic E-state index is 11.8. The SMILES string of the molecule is COc1ccc(NC(=O)C[C@@H]2CCS(=O)(=O)C2)cc1. The molecule has 0 unspecified atom stereocenters. The Labute approximate surface area is 112 Å². The summed E-state index contributed by atoms with van der Waals surface area (Å²) in [7, 11) is -1.34. The maximum atomic E-state index is 11.8. The van der Waals surface area contributed by atoms with Gasteiger partial charge in [0.25, 0.3) is 0 Å². The molecule has 1 fully saturated rings. The van der Waals surface area contributed by atoms with Crippen molar-refractivity contribution in [2.45, 2.75) is 12.8 Å². The number of anilines is 1. The number of hydrogen-bond acceptors (Lipinski definition) is 4. The molecule has 1 aliphatic heterocycles. The van der Waals surface area contributed by atoms with Crippen molar-refractivity contribution >= 4 is 21.4 Å². The Morgan fingerprint density at radius 2 is 2.05 bits per heavy atom. The monoisotopic (exact) mass is 283 g/mol. The van der Waals surface area contributed by atoms with Crippen molar-refractivity contribution < 1.29 is 17.9 Å². The van der Waals surface area contributed by atoms with Crippen LogP contribution in [0.5, 0.6) is 5.75 Å². The Hall–Kier alpha value is -1.56. The Morgan fingerprint density at radius 1 is 1.37 bits per heavy atom. The molecule has 1 saturated heterocycles. The fourth-order valence-electron chi connectivity index (χ4n) is 2.18. The van der Waals surface area contributed by atoms with E-state index in [1.165, 1.54) is 0 Å². The number of nitrogens with one attached hydrogen (secondary N) is 1. The fourth-order valence-corrected chi connectivity index (χ4v) is 4.04. The third-order valence-corrected chi connectivity index (χ3v) is 5.01. The second kappa shape index (κ2) is 5.61. The predicted octanol–water partition coefficient (Wildman–Crippen LogP) is 1.46. The minimum absolute atomic E-state index is 0.0525. The van der Waals surface area contributed by atoms with Gasteiger partial charge in [-0.25, -0.2) is 8.42 Å². The smallest absolute Gasteiger partial charge is 0.224 e. The van der Waals surface area contributed by atoms with Crippen LogP contribution in [0.4, 0.5) is 5.69 Å². The standard InChI is InChI=1S/C13H17NO4S/c1-18-12-4-2-11(3-5-12)14-13(15)8-10-6-7-19(16,17)9-10/h2-5,10H,6-9H2,1H3,(H,14,15)/t10-/m0/s1. The van der Waals surface area contributed by atoms with Gasteiger partial charge < -0.3 is 10.1 Å². The number of ether oxygens (including phenoxy) is 1. The van der Waals surface area contributed by atoms with Gasteiger partial charge in [-0.1, -0.05) is 0 Å². The topological polar surface area (TPSA) is 72.5 Å². The summed E-state index contributed by atoms with van der Waals surface area (Å²) in [4.78, 5) is 11.8. The first-order valence-corrected chi connectivity index (χ1v) is 7.95. The van der Waals surface area contributed by atoms with Gasteiger partial charge in [0.2, 0.25) is 5.91 Å². The molecule has 0 radical (unpaired) electrons. The number of sulfone groups is 1. The first kappa shape index (κ1) is 13.9. The Balaban J connectivity index is 1.87. The van der Waals surface area contributed by atoms with Crippen LogP contribution in [0.3, 0.4) is 0 Å². The van der Waals surface area contributed by atoms with E-state index in [0.29, 0.717) is 12.1 Å². The molecule has 0 aromatic heterocycles. The van der Waals surface area contributed by atoms with E-state index in [4.69, 9.17) is 4.74 Å². The number of benzene rings is 1. The Bertz CT molecular complexity index is 551. The highest BCUT2D eigenvalue weighted by Crippen LogP contribution is 2.22. The molecule has 1 aromatic carbocycles. The van der Waals surface area contributed by atoms with Crippen LogP contribution in [0.25, 0.3) is 0 Å². The highest BCUT2D eigenvalue weighted by molar-refractivity contribution is 7.91. The van der Waals surface area contributed by atoms with Crippen LogP contribution >= 0.6 is 0 Å². The van der Waals surface area contributed by atoms with Crippen molar-refractivity contribution in [1.82, 2.24) is 0 Å². The second-order valence-corrected chi connectivity index (χ2v) is 6.98. The largest absolute Gasteiger partial charge is 0.497 e. The van der Waals surface area contributed by atoms with Gasteiger partial charge in [0.15, 0.2) is 9.84 Å². The molecule has 0 spiro atoms. The van der Waals surface area contributed by atoms with Crippen LogP contribution in [-0.2, 0) is 14.6 Å². The molecule has 6 heteroatoms. The van der Waals surface area contributed by atoms with E-state index >= 15 is 0 Å². The predicted molar refractivity (Wildman–Crippen MR) is 73.0 cm³/mol. The minimum atomic E-state index is -2.92. The van der Waals surface area contributed by atoms with Gasteiger partial charge in [-0.3, -0.25) is 4.79 Å². The third kappa shape index (κ3) is 3.96. The van der Waals surface area contributed by atoms with Crippen LogP contribution in [0.1, 0.15) is 12.8 Å². The summed E-state index contributed by atoms with van der Waals surface area (Å²) in [6.07, 6.45) is 0.837. The molecular weight excluding hydrogens is 266 g/mol. The zero-order chi connectivity index (χ0) is 13.9. The summed E-state index contributed by atoms with van der Waals surface area (Å²) in [6.45, 7) is 0. The first-order chi connectivity index (χ1) is 8.98. The number of amides is 1. The zero-order valence-electron chi connectivity index (χ0n) is 10.8. The summed E-state index contributed by atoms with van der Waals surface area (Å²) < 4.78 is 27.6. The fraction of sp³-hybridized carbons (Fsp3) is 0.462. The van der Waals surface area contributed by atoms with Gasteiger partial charge in [0, 0.05) is 12.1 Å². The van der Waals surface area contributed by atoms with Crippen LogP contribution < -0.4 is 10.1 Å². The van der Waals surface area contributed by atoms with E-state index < -0.39 is 9.84 Å². The first-order valence-electron chi connectivity index (χ1n) is 6.13. The molecule has 0 aliphatic carbocycles. The molecule has 1 atom stereocenters. The summed E-state index contributed by atoms with van der Waals surface area (Å²) in [5.74, 6) is 0.853. The van der Waals surface area contributed by atoms with Crippen molar-refractivity contribution in [2.75, 3.05) is 23.9 Å². The van der Waals surface area contributed by atoms with Crippen molar-refractivity contribution in [3.05, 3.63) is 24.3 Å². The number of carbonyl (C=O) groups excluding carboxylic acids is 1. The van der Waals surface area contributed by atoms with Gasteiger partial charge in [-0.05, 0) is 36.6 Å². The lowest BCUT2D eigenvalue weighted by Crippen LogP contribution is -2.17. The molecule has 1 aliphatic rings. The van der Waals surface area contributed by atoms with E-state index in [9.17, 15) is 13.2 Å².